The molecule has 0 aliphatic rings. The van der Waals surface area contributed by atoms with E-state index in [1.54, 1.807) is 6.92 Å². The van der Waals surface area contributed by atoms with E-state index in [1.807, 2.05) is 0 Å². The van der Waals surface area contributed by atoms with Gasteiger partial charge in [-0.05, 0) is 18.3 Å². The molecule has 1 unspecified atom stereocenters. The van der Waals surface area contributed by atoms with Gasteiger partial charge in [0, 0.05) is 6.54 Å². The molecule has 0 fully saturated rings. The van der Waals surface area contributed by atoms with Crippen LogP contribution in [0.2, 0.25) is 0 Å². The van der Waals surface area contributed by atoms with Gasteiger partial charge in [0.15, 0.2) is 5.13 Å². The Morgan fingerprint density at radius 1 is 1.53 bits per heavy atom. The van der Waals surface area contributed by atoms with Gasteiger partial charge in [0.2, 0.25) is 0 Å². The quantitative estimate of drug-likeness (QED) is 0.868. The van der Waals surface area contributed by atoms with E-state index in [-0.39, 0.29) is 5.41 Å². The number of aryl methyl sites for hydroxylation is 1. The lowest BCUT2D eigenvalue weighted by molar-refractivity contribution is 0.0701. The van der Waals surface area contributed by atoms with Gasteiger partial charge in [-0.25, -0.2) is 9.78 Å². The topological polar surface area (TPSA) is 62.2 Å². The average Bonchev–Trinajstić information content (AvgIpc) is 2.54. The number of nitrogens with one attached hydrogen (secondary N) is 1. The predicted octanol–water partition coefficient (Wildman–Crippen LogP) is 3.24. The number of nitrogens with zero attached hydrogens (tertiary/aromatic N) is 1. The molecule has 0 aliphatic heterocycles. The van der Waals surface area contributed by atoms with Crippen molar-refractivity contribution >= 4 is 22.4 Å². The van der Waals surface area contributed by atoms with Crippen LogP contribution in [-0.2, 0) is 0 Å². The highest BCUT2D eigenvalue weighted by molar-refractivity contribution is 7.17. The zero-order chi connectivity index (χ0) is 13.2. The van der Waals surface area contributed by atoms with E-state index >= 15 is 0 Å². The minimum absolute atomic E-state index is 0.231. The summed E-state index contributed by atoms with van der Waals surface area (Å²) < 4.78 is 0. The number of carboxylic acid groups (broad SMARTS) is 1. The highest BCUT2D eigenvalue weighted by Gasteiger charge is 2.20. The highest BCUT2D eigenvalue weighted by Crippen LogP contribution is 2.27. The van der Waals surface area contributed by atoms with E-state index in [0.717, 1.165) is 6.54 Å². The summed E-state index contributed by atoms with van der Waals surface area (Å²) in [6.45, 7) is 11.3. The number of rotatable bonds is 4. The van der Waals surface area contributed by atoms with Crippen LogP contribution in [0, 0.1) is 18.3 Å². The first kappa shape index (κ1) is 14.0. The standard InChI is InChI=1S/C12H20N2O2S/c1-7(12(3,4)5)6-13-11-14-8(2)9(17-11)10(15)16/h7H,6H2,1-5H3,(H,13,14)(H,15,16). The Morgan fingerprint density at radius 3 is 2.53 bits per heavy atom. The Morgan fingerprint density at radius 2 is 2.12 bits per heavy atom. The Labute approximate surface area is 106 Å². The minimum Gasteiger partial charge on any atom is -0.477 e. The van der Waals surface area contributed by atoms with Crippen molar-refractivity contribution in [2.24, 2.45) is 11.3 Å². The molecule has 1 heterocycles. The molecule has 0 saturated heterocycles. The fraction of sp³-hybridized carbons (Fsp3) is 0.667. The number of carboxylic acids is 1. The first-order valence-corrected chi connectivity index (χ1v) is 6.48. The molecule has 0 bridgehead atoms. The number of carbonyl (C=O) groups is 1. The SMILES string of the molecule is Cc1nc(NCC(C)C(C)(C)C)sc1C(=O)O. The third-order valence-corrected chi connectivity index (χ3v) is 4.13. The van der Waals surface area contributed by atoms with Crippen molar-refractivity contribution < 1.29 is 9.90 Å². The zero-order valence-corrected chi connectivity index (χ0v) is 11.8. The number of anilines is 1. The molecule has 0 amide bonds. The van der Waals surface area contributed by atoms with Crippen molar-refractivity contribution in [1.29, 1.82) is 0 Å². The zero-order valence-electron chi connectivity index (χ0n) is 11.0. The van der Waals surface area contributed by atoms with E-state index in [2.05, 4.69) is 38.0 Å². The van der Waals surface area contributed by atoms with Crippen molar-refractivity contribution in [2.45, 2.75) is 34.6 Å². The van der Waals surface area contributed by atoms with Crippen LogP contribution < -0.4 is 5.32 Å². The lowest BCUT2D eigenvalue weighted by Crippen LogP contribution is -2.24. The summed E-state index contributed by atoms with van der Waals surface area (Å²) in [4.78, 5) is 15.4. The van der Waals surface area contributed by atoms with Gasteiger partial charge in [-0.3, -0.25) is 0 Å². The Hall–Kier alpha value is -1.10. The minimum atomic E-state index is -0.906. The Kier molecular flexibility index (Phi) is 4.14. The average molecular weight is 256 g/mol. The van der Waals surface area contributed by atoms with Crippen LogP contribution in [0.3, 0.4) is 0 Å². The molecule has 5 heteroatoms. The largest absolute Gasteiger partial charge is 0.477 e. The molecule has 1 atom stereocenters. The molecule has 17 heavy (non-hydrogen) atoms. The maximum Gasteiger partial charge on any atom is 0.347 e. The molecule has 4 nitrogen and oxygen atoms in total. The Balaban J connectivity index is 2.65. The molecule has 0 radical (unpaired) electrons. The van der Waals surface area contributed by atoms with Crippen molar-refractivity contribution in [3.05, 3.63) is 10.6 Å². The fourth-order valence-corrected chi connectivity index (χ4v) is 2.03. The molecule has 2 N–H and O–H groups in total. The number of hydrogen-bond acceptors (Lipinski definition) is 4. The van der Waals surface area contributed by atoms with Crippen molar-refractivity contribution in [1.82, 2.24) is 4.98 Å². The van der Waals surface area contributed by atoms with E-state index in [1.165, 1.54) is 11.3 Å². The molecule has 96 valence electrons. The van der Waals surface area contributed by atoms with Gasteiger partial charge < -0.3 is 10.4 Å². The third kappa shape index (κ3) is 3.70. The summed E-state index contributed by atoms with van der Waals surface area (Å²) in [6.07, 6.45) is 0. The fourth-order valence-electron chi connectivity index (χ4n) is 1.22. The van der Waals surface area contributed by atoms with Crippen LogP contribution >= 0.6 is 11.3 Å². The number of thiazole rings is 1. The van der Waals surface area contributed by atoms with E-state index in [0.29, 0.717) is 21.6 Å². The third-order valence-electron chi connectivity index (χ3n) is 3.03. The highest BCUT2D eigenvalue weighted by atomic mass is 32.1. The monoisotopic (exact) mass is 256 g/mol. The molecule has 1 rings (SSSR count). The number of aromatic nitrogens is 1. The van der Waals surface area contributed by atoms with Gasteiger partial charge in [-0.1, -0.05) is 39.0 Å². The number of hydrogen-bond donors (Lipinski definition) is 2. The second kappa shape index (κ2) is 5.04. The van der Waals surface area contributed by atoms with Crippen LogP contribution in [0.5, 0.6) is 0 Å². The summed E-state index contributed by atoms with van der Waals surface area (Å²) in [7, 11) is 0. The van der Waals surface area contributed by atoms with Crippen LogP contribution in [-0.4, -0.2) is 22.6 Å². The lowest BCUT2D eigenvalue weighted by atomic mass is 9.82. The Bertz CT molecular complexity index is 407. The first-order chi connectivity index (χ1) is 7.71. The predicted molar refractivity (Wildman–Crippen MR) is 70.9 cm³/mol. The summed E-state index contributed by atoms with van der Waals surface area (Å²) in [5.41, 5.74) is 0.808. The summed E-state index contributed by atoms with van der Waals surface area (Å²) in [5, 5.41) is 12.8. The van der Waals surface area contributed by atoms with Crippen LogP contribution in [0.15, 0.2) is 0 Å². The van der Waals surface area contributed by atoms with Gasteiger partial charge >= 0.3 is 5.97 Å². The van der Waals surface area contributed by atoms with Crippen LogP contribution in [0.1, 0.15) is 43.1 Å². The molecule has 0 aliphatic carbocycles. The summed E-state index contributed by atoms with van der Waals surface area (Å²) in [6, 6.07) is 0. The van der Waals surface area contributed by atoms with Crippen LogP contribution in [0.4, 0.5) is 5.13 Å². The molecule has 1 aromatic heterocycles. The molecular weight excluding hydrogens is 236 g/mol. The first-order valence-electron chi connectivity index (χ1n) is 5.66. The number of aromatic carboxylic acids is 1. The normalized spacial score (nSPS) is 13.5. The molecule has 0 aromatic carbocycles. The van der Waals surface area contributed by atoms with Gasteiger partial charge in [-0.2, -0.15) is 0 Å². The van der Waals surface area contributed by atoms with Crippen LogP contribution in [0.25, 0.3) is 0 Å². The van der Waals surface area contributed by atoms with Gasteiger partial charge in [0.25, 0.3) is 0 Å². The van der Waals surface area contributed by atoms with Gasteiger partial charge in [0.1, 0.15) is 4.88 Å². The van der Waals surface area contributed by atoms with Crippen molar-refractivity contribution in [2.75, 3.05) is 11.9 Å². The van der Waals surface area contributed by atoms with E-state index in [9.17, 15) is 4.79 Å². The molecule has 0 saturated carbocycles. The molecule has 1 aromatic rings. The maximum atomic E-state index is 10.9. The maximum absolute atomic E-state index is 10.9. The van der Waals surface area contributed by atoms with Crippen molar-refractivity contribution in [3.8, 4) is 0 Å². The van der Waals surface area contributed by atoms with Crippen molar-refractivity contribution in [3.63, 3.8) is 0 Å². The summed E-state index contributed by atoms with van der Waals surface area (Å²) >= 11 is 1.20. The molecular formula is C12H20N2O2S. The summed E-state index contributed by atoms with van der Waals surface area (Å²) in [5.74, 6) is -0.420. The van der Waals surface area contributed by atoms with E-state index < -0.39 is 5.97 Å². The second-order valence-corrected chi connectivity index (χ2v) is 6.39. The van der Waals surface area contributed by atoms with E-state index in [4.69, 9.17) is 5.11 Å². The smallest absolute Gasteiger partial charge is 0.347 e. The van der Waals surface area contributed by atoms with Gasteiger partial charge in [0.05, 0.1) is 5.69 Å². The molecule has 0 spiro atoms. The lowest BCUT2D eigenvalue weighted by Gasteiger charge is -2.27. The van der Waals surface area contributed by atoms with Gasteiger partial charge in [-0.15, -0.1) is 0 Å². The second-order valence-electron chi connectivity index (χ2n) is 5.39.